The summed E-state index contributed by atoms with van der Waals surface area (Å²) in [5, 5.41) is 15.9. The van der Waals surface area contributed by atoms with Gasteiger partial charge in [0.05, 0.1) is 17.8 Å². The van der Waals surface area contributed by atoms with Crippen LogP contribution in [0.15, 0.2) is 28.7 Å². The highest BCUT2D eigenvalue weighted by atomic mass is 79.9. The Kier molecular flexibility index (Phi) is 4.58. The molecule has 0 saturated carbocycles. The smallest absolute Gasteiger partial charge is 0.243 e. The van der Waals surface area contributed by atoms with Gasteiger partial charge in [-0.25, -0.2) is 4.98 Å². The molecule has 0 aliphatic carbocycles. The van der Waals surface area contributed by atoms with Crippen LogP contribution < -0.4 is 10.6 Å². The van der Waals surface area contributed by atoms with Gasteiger partial charge in [-0.15, -0.1) is 11.3 Å². The van der Waals surface area contributed by atoms with Crippen molar-refractivity contribution in [1.82, 2.24) is 10.3 Å². The lowest BCUT2D eigenvalue weighted by molar-refractivity contribution is -0.117. The highest BCUT2D eigenvalue weighted by Crippen LogP contribution is 2.31. The van der Waals surface area contributed by atoms with E-state index in [1.54, 1.807) is 0 Å². The number of carbonyl (C=O) groups is 1. The number of carbonyl (C=O) groups excluding carboxylic acids is 1. The monoisotopic (exact) mass is 381 g/mol. The maximum atomic E-state index is 12.1. The molecule has 7 heteroatoms. The number of halogens is 1. The van der Waals surface area contributed by atoms with Crippen LogP contribution in [0.1, 0.15) is 11.3 Å². The van der Waals surface area contributed by atoms with E-state index in [0.29, 0.717) is 18.1 Å². The lowest BCUT2D eigenvalue weighted by atomic mass is 10.1. The molecular weight excluding hydrogens is 366 g/mol. The fraction of sp³-hybridized carbons (Fsp3) is 0.333. The second-order valence-electron chi connectivity index (χ2n) is 5.27. The van der Waals surface area contributed by atoms with Crippen LogP contribution in [0.25, 0.3) is 11.3 Å². The number of β-amino-alcohol motifs (C(OH)–C–C–N with tert-alkyl or cyclic N) is 1. The molecule has 1 aromatic heterocycles. The third kappa shape index (κ3) is 3.38. The fourth-order valence-electron chi connectivity index (χ4n) is 2.43. The molecule has 0 bridgehead atoms. The molecule has 2 heterocycles. The van der Waals surface area contributed by atoms with Gasteiger partial charge in [0, 0.05) is 21.5 Å². The largest absolute Gasteiger partial charge is 0.392 e. The topological polar surface area (TPSA) is 74.2 Å². The highest BCUT2D eigenvalue weighted by molar-refractivity contribution is 9.10. The number of hydrogen-bond donors (Lipinski definition) is 3. The third-order valence-electron chi connectivity index (χ3n) is 3.57. The number of aliphatic hydroxyl groups excluding tert-OH is 1. The van der Waals surface area contributed by atoms with E-state index < -0.39 is 6.10 Å². The molecule has 1 aromatic carbocycles. The molecular formula is C15H16BrN3O2S. The van der Waals surface area contributed by atoms with Crippen molar-refractivity contribution in [1.29, 1.82) is 0 Å². The minimum Gasteiger partial charge on any atom is -0.392 e. The predicted molar refractivity (Wildman–Crippen MR) is 91.0 cm³/mol. The SMILES string of the molecule is Cc1sc(NC(=O)C2CC(O)CN2)nc1-c1ccc(Br)cc1. The number of aliphatic hydroxyl groups is 1. The zero-order chi connectivity index (χ0) is 15.7. The quantitative estimate of drug-likeness (QED) is 0.763. The van der Waals surface area contributed by atoms with Gasteiger partial charge in [-0.3, -0.25) is 4.79 Å². The summed E-state index contributed by atoms with van der Waals surface area (Å²) in [6.45, 7) is 2.45. The van der Waals surface area contributed by atoms with Gasteiger partial charge in [-0.2, -0.15) is 0 Å². The van der Waals surface area contributed by atoms with Crippen LogP contribution >= 0.6 is 27.3 Å². The average molecular weight is 382 g/mol. The molecule has 2 unspecified atom stereocenters. The van der Waals surface area contributed by atoms with E-state index >= 15 is 0 Å². The number of aryl methyl sites for hydroxylation is 1. The molecule has 0 radical (unpaired) electrons. The van der Waals surface area contributed by atoms with E-state index in [4.69, 9.17) is 0 Å². The molecule has 116 valence electrons. The third-order valence-corrected chi connectivity index (χ3v) is 4.98. The van der Waals surface area contributed by atoms with Crippen LogP contribution in [0.2, 0.25) is 0 Å². The van der Waals surface area contributed by atoms with Crippen molar-refractivity contribution in [2.75, 3.05) is 11.9 Å². The molecule has 1 amide bonds. The second-order valence-corrected chi connectivity index (χ2v) is 7.39. The van der Waals surface area contributed by atoms with Crippen LogP contribution in [-0.2, 0) is 4.79 Å². The first-order valence-corrected chi connectivity index (χ1v) is 8.59. The summed E-state index contributed by atoms with van der Waals surface area (Å²) >= 11 is 4.87. The number of nitrogens with zero attached hydrogens (tertiary/aromatic N) is 1. The number of aromatic nitrogens is 1. The maximum Gasteiger partial charge on any atom is 0.243 e. The van der Waals surface area contributed by atoms with Crippen LogP contribution in [0, 0.1) is 6.92 Å². The van der Waals surface area contributed by atoms with Gasteiger partial charge in [0.15, 0.2) is 5.13 Å². The Balaban J connectivity index is 1.75. The molecule has 22 heavy (non-hydrogen) atoms. The summed E-state index contributed by atoms with van der Waals surface area (Å²) in [7, 11) is 0. The number of thiazole rings is 1. The molecule has 5 nitrogen and oxygen atoms in total. The highest BCUT2D eigenvalue weighted by Gasteiger charge is 2.28. The van der Waals surface area contributed by atoms with Crippen molar-refractivity contribution in [3.05, 3.63) is 33.6 Å². The average Bonchev–Trinajstić information content (AvgIpc) is 3.06. The summed E-state index contributed by atoms with van der Waals surface area (Å²) < 4.78 is 1.02. The minimum atomic E-state index is -0.452. The second kappa shape index (κ2) is 6.45. The van der Waals surface area contributed by atoms with Gasteiger partial charge < -0.3 is 15.7 Å². The Hall–Kier alpha value is -1.28. The number of benzene rings is 1. The summed E-state index contributed by atoms with van der Waals surface area (Å²) in [5.74, 6) is -0.146. The van der Waals surface area contributed by atoms with E-state index in [9.17, 15) is 9.90 Å². The molecule has 3 rings (SSSR count). The molecule has 1 aliphatic rings. The molecule has 2 atom stereocenters. The Labute approximate surface area is 140 Å². The Morgan fingerprint density at radius 1 is 1.45 bits per heavy atom. The van der Waals surface area contributed by atoms with Crippen molar-refractivity contribution in [3.63, 3.8) is 0 Å². The van der Waals surface area contributed by atoms with Crippen LogP contribution in [0.5, 0.6) is 0 Å². The van der Waals surface area contributed by atoms with E-state index in [2.05, 4.69) is 31.5 Å². The van der Waals surface area contributed by atoms with Gasteiger partial charge in [-0.05, 0) is 25.5 Å². The molecule has 1 aliphatic heterocycles. The number of hydrogen-bond acceptors (Lipinski definition) is 5. The fourth-order valence-corrected chi connectivity index (χ4v) is 3.54. The molecule has 2 aromatic rings. The van der Waals surface area contributed by atoms with Crippen molar-refractivity contribution < 1.29 is 9.90 Å². The molecule has 3 N–H and O–H groups in total. The van der Waals surface area contributed by atoms with Crippen molar-refractivity contribution >= 4 is 38.3 Å². The van der Waals surface area contributed by atoms with Crippen LogP contribution in [0.4, 0.5) is 5.13 Å². The van der Waals surface area contributed by atoms with Crippen molar-refractivity contribution in [3.8, 4) is 11.3 Å². The Morgan fingerprint density at radius 3 is 2.82 bits per heavy atom. The summed E-state index contributed by atoms with van der Waals surface area (Å²) in [5.41, 5.74) is 1.90. The zero-order valence-corrected chi connectivity index (χ0v) is 14.4. The lowest BCUT2D eigenvalue weighted by Crippen LogP contribution is -2.35. The van der Waals surface area contributed by atoms with Crippen LogP contribution in [-0.4, -0.2) is 34.7 Å². The summed E-state index contributed by atoms with van der Waals surface area (Å²) in [6.07, 6.45) is -0.0115. The first-order valence-electron chi connectivity index (χ1n) is 6.98. The minimum absolute atomic E-state index is 0.146. The number of anilines is 1. The van der Waals surface area contributed by atoms with E-state index in [1.165, 1.54) is 11.3 Å². The molecule has 0 spiro atoms. The van der Waals surface area contributed by atoms with Crippen molar-refractivity contribution in [2.45, 2.75) is 25.5 Å². The van der Waals surface area contributed by atoms with Gasteiger partial charge in [0.2, 0.25) is 5.91 Å². The summed E-state index contributed by atoms with van der Waals surface area (Å²) in [6, 6.07) is 7.57. The Morgan fingerprint density at radius 2 is 2.18 bits per heavy atom. The maximum absolute atomic E-state index is 12.1. The number of rotatable bonds is 3. The van der Waals surface area contributed by atoms with Crippen LogP contribution in [0.3, 0.4) is 0 Å². The van der Waals surface area contributed by atoms with Gasteiger partial charge >= 0.3 is 0 Å². The first kappa shape index (κ1) is 15.6. The summed E-state index contributed by atoms with van der Waals surface area (Å²) in [4.78, 5) is 17.7. The lowest BCUT2D eigenvalue weighted by Gasteiger charge is -2.08. The van der Waals surface area contributed by atoms with Gasteiger partial charge in [0.1, 0.15) is 0 Å². The predicted octanol–water partition coefficient (Wildman–Crippen LogP) is 2.54. The number of amides is 1. The Bertz CT molecular complexity index is 687. The van der Waals surface area contributed by atoms with Gasteiger partial charge in [-0.1, -0.05) is 28.1 Å². The van der Waals surface area contributed by atoms with E-state index in [1.807, 2.05) is 31.2 Å². The van der Waals surface area contributed by atoms with E-state index in [-0.39, 0.29) is 11.9 Å². The first-order chi connectivity index (χ1) is 10.5. The number of nitrogens with one attached hydrogen (secondary N) is 2. The van der Waals surface area contributed by atoms with Crippen molar-refractivity contribution in [2.24, 2.45) is 0 Å². The standard InChI is InChI=1S/C15H16BrN3O2S/c1-8-13(9-2-4-10(16)5-3-9)18-15(22-8)19-14(21)12-6-11(20)7-17-12/h2-5,11-12,17,20H,6-7H2,1H3,(H,18,19,21). The van der Waals surface area contributed by atoms with E-state index in [0.717, 1.165) is 20.6 Å². The molecule has 1 fully saturated rings. The van der Waals surface area contributed by atoms with Gasteiger partial charge in [0.25, 0.3) is 0 Å². The molecule has 1 saturated heterocycles. The zero-order valence-electron chi connectivity index (χ0n) is 12.0. The normalized spacial score (nSPS) is 21.0.